The predicted molar refractivity (Wildman–Crippen MR) is 97.8 cm³/mol. The highest BCUT2D eigenvalue weighted by Crippen LogP contribution is 2.42. The number of aromatic nitrogens is 1. The van der Waals surface area contributed by atoms with Crippen LogP contribution in [0.15, 0.2) is 57.3 Å². The number of carbonyl (C=O) groups excluding carboxylic acids is 1. The van der Waals surface area contributed by atoms with Gasteiger partial charge in [0.1, 0.15) is 11.6 Å². The zero-order valence-corrected chi connectivity index (χ0v) is 15.6. The second kappa shape index (κ2) is 7.41. The maximum absolute atomic E-state index is 12.4. The third-order valence-corrected chi connectivity index (χ3v) is 5.39. The molecule has 1 unspecified atom stereocenters. The molecule has 134 valence electrons. The molecule has 2 N–H and O–H groups in total. The summed E-state index contributed by atoms with van der Waals surface area (Å²) in [4.78, 5) is 16.3. The van der Waals surface area contributed by atoms with Crippen LogP contribution in [-0.2, 0) is 14.6 Å². The lowest BCUT2D eigenvalue weighted by Crippen LogP contribution is -2.17. The third kappa shape index (κ3) is 4.11. The first kappa shape index (κ1) is 19.2. The Bertz CT molecular complexity index is 886. The minimum absolute atomic E-state index is 0.0139. The van der Waals surface area contributed by atoms with Crippen LogP contribution in [0, 0.1) is 5.92 Å². The molecule has 6 nitrogen and oxygen atoms in total. The molecule has 1 aromatic rings. The monoisotopic (exact) mass is 382 g/mol. The zero-order valence-electron chi connectivity index (χ0n) is 14.1. The Morgan fingerprint density at radius 2 is 2.08 bits per heavy atom. The molecule has 1 aliphatic carbocycles. The first-order chi connectivity index (χ1) is 11.7. The van der Waals surface area contributed by atoms with Gasteiger partial charge in [-0.25, -0.2) is 13.4 Å². The summed E-state index contributed by atoms with van der Waals surface area (Å²) >= 11 is 6.14. The highest BCUT2D eigenvalue weighted by molar-refractivity contribution is 7.94. The van der Waals surface area contributed by atoms with Crippen molar-refractivity contribution >= 4 is 33.2 Å². The van der Waals surface area contributed by atoms with Crippen molar-refractivity contribution in [3.63, 3.8) is 0 Å². The van der Waals surface area contributed by atoms with E-state index in [0.717, 1.165) is 6.26 Å². The minimum atomic E-state index is -3.61. The van der Waals surface area contributed by atoms with Crippen LogP contribution in [0.4, 0.5) is 5.82 Å². The van der Waals surface area contributed by atoms with Gasteiger partial charge in [-0.1, -0.05) is 24.6 Å². The van der Waals surface area contributed by atoms with Gasteiger partial charge in [0.15, 0.2) is 9.84 Å². The van der Waals surface area contributed by atoms with Crippen molar-refractivity contribution < 1.29 is 18.3 Å². The molecule has 0 saturated heterocycles. The lowest BCUT2D eigenvalue weighted by Gasteiger charge is -2.16. The highest BCUT2D eigenvalue weighted by atomic mass is 35.5. The van der Waals surface area contributed by atoms with Crippen molar-refractivity contribution in [1.82, 2.24) is 4.98 Å². The zero-order chi connectivity index (χ0) is 18.8. The van der Waals surface area contributed by atoms with Crippen molar-refractivity contribution in [2.24, 2.45) is 5.92 Å². The summed E-state index contributed by atoms with van der Waals surface area (Å²) in [7, 11) is -3.61. The SMILES string of the molecule is CCC1C(Cl)=CC(S(C)(=O)=O)=C1/C(O)=C(\C)C(=O)Nc1ccccn1. The number of aliphatic hydroxyl groups is 1. The van der Waals surface area contributed by atoms with E-state index >= 15 is 0 Å². The number of nitrogens with zero attached hydrogens (tertiary/aromatic N) is 1. The van der Waals surface area contributed by atoms with Crippen LogP contribution in [-0.4, -0.2) is 30.7 Å². The van der Waals surface area contributed by atoms with Crippen molar-refractivity contribution in [2.45, 2.75) is 20.3 Å². The molecule has 2 rings (SSSR count). The topological polar surface area (TPSA) is 96.4 Å². The summed E-state index contributed by atoms with van der Waals surface area (Å²) in [6.07, 6.45) is 4.38. The van der Waals surface area contributed by atoms with E-state index in [9.17, 15) is 18.3 Å². The van der Waals surface area contributed by atoms with Crippen LogP contribution in [0.5, 0.6) is 0 Å². The van der Waals surface area contributed by atoms with Crippen LogP contribution < -0.4 is 5.32 Å². The average Bonchev–Trinajstić information content (AvgIpc) is 2.91. The molecule has 1 aliphatic rings. The molecular formula is C17H19ClN2O4S. The molecule has 0 aromatic carbocycles. The number of halogens is 1. The Morgan fingerprint density at radius 3 is 2.60 bits per heavy atom. The van der Waals surface area contributed by atoms with Crippen LogP contribution in [0.25, 0.3) is 0 Å². The number of amides is 1. The van der Waals surface area contributed by atoms with Crippen LogP contribution in [0.1, 0.15) is 20.3 Å². The van der Waals surface area contributed by atoms with Gasteiger partial charge in [-0.05, 0) is 31.6 Å². The number of sulfone groups is 1. The van der Waals surface area contributed by atoms with Gasteiger partial charge in [-0.15, -0.1) is 0 Å². The minimum Gasteiger partial charge on any atom is -0.507 e. The number of aliphatic hydroxyl groups excluding tert-OH is 1. The Hall–Kier alpha value is -2.12. The highest BCUT2D eigenvalue weighted by Gasteiger charge is 2.34. The van der Waals surface area contributed by atoms with Crippen molar-refractivity contribution in [3.05, 3.63) is 57.3 Å². The van der Waals surface area contributed by atoms with E-state index < -0.39 is 21.7 Å². The largest absolute Gasteiger partial charge is 0.507 e. The second-order valence-corrected chi connectivity index (χ2v) is 8.10. The number of rotatable bonds is 5. The van der Waals surface area contributed by atoms with E-state index in [0.29, 0.717) is 17.3 Å². The summed E-state index contributed by atoms with van der Waals surface area (Å²) in [5, 5.41) is 13.5. The molecule has 1 heterocycles. The fraction of sp³-hybridized carbons (Fsp3) is 0.294. The summed E-state index contributed by atoms with van der Waals surface area (Å²) in [5.74, 6) is -1.10. The van der Waals surface area contributed by atoms with Crippen molar-refractivity contribution in [3.8, 4) is 0 Å². The summed E-state index contributed by atoms with van der Waals surface area (Å²) in [6, 6.07) is 5.02. The van der Waals surface area contributed by atoms with Crippen LogP contribution >= 0.6 is 11.6 Å². The molecule has 1 atom stereocenters. The molecule has 0 fully saturated rings. The standard InChI is InChI=1S/C17H19ClN2O4S/c1-4-11-12(18)9-13(25(3,23)24)15(11)16(21)10(2)17(22)20-14-7-5-6-8-19-14/h5-9,11,21H,4H2,1-3H3,(H,19,20,22)/b16-10-. The van der Waals surface area contributed by atoms with E-state index in [4.69, 9.17) is 11.6 Å². The molecule has 0 saturated carbocycles. The Balaban J connectivity index is 2.46. The molecule has 8 heteroatoms. The van der Waals surface area contributed by atoms with Gasteiger partial charge in [0.25, 0.3) is 5.91 Å². The second-order valence-electron chi connectivity index (χ2n) is 5.68. The Labute approximate surface area is 151 Å². The maximum atomic E-state index is 12.4. The summed E-state index contributed by atoms with van der Waals surface area (Å²) in [6.45, 7) is 3.24. The number of anilines is 1. The van der Waals surface area contributed by atoms with E-state index in [2.05, 4.69) is 10.3 Å². The van der Waals surface area contributed by atoms with Crippen molar-refractivity contribution in [2.75, 3.05) is 11.6 Å². The fourth-order valence-electron chi connectivity index (χ4n) is 2.56. The van der Waals surface area contributed by atoms with Crippen LogP contribution in [0.3, 0.4) is 0 Å². The first-order valence-corrected chi connectivity index (χ1v) is 9.87. The molecule has 1 aromatic heterocycles. The van der Waals surface area contributed by atoms with E-state index in [1.807, 2.05) is 6.92 Å². The maximum Gasteiger partial charge on any atom is 0.256 e. The molecule has 25 heavy (non-hydrogen) atoms. The molecule has 0 spiro atoms. The molecular weight excluding hydrogens is 364 g/mol. The number of nitrogens with one attached hydrogen (secondary N) is 1. The van der Waals surface area contributed by atoms with Gasteiger partial charge >= 0.3 is 0 Å². The lowest BCUT2D eigenvalue weighted by molar-refractivity contribution is -0.113. The summed E-state index contributed by atoms with van der Waals surface area (Å²) < 4.78 is 24.1. The number of allylic oxidation sites excluding steroid dienone is 3. The predicted octanol–water partition coefficient (Wildman–Crippen LogP) is 3.31. The third-order valence-electron chi connectivity index (χ3n) is 3.88. The van der Waals surface area contributed by atoms with Gasteiger partial charge < -0.3 is 10.4 Å². The normalized spacial score (nSPS) is 18.7. The molecule has 0 aliphatic heterocycles. The average molecular weight is 383 g/mol. The Kier molecular flexibility index (Phi) is 5.69. The van der Waals surface area contributed by atoms with E-state index in [-0.39, 0.29) is 21.8 Å². The summed E-state index contributed by atoms with van der Waals surface area (Å²) in [5.41, 5.74) is 0.142. The molecule has 0 bridgehead atoms. The van der Waals surface area contributed by atoms with E-state index in [1.54, 1.807) is 18.2 Å². The van der Waals surface area contributed by atoms with Gasteiger partial charge in [-0.3, -0.25) is 4.79 Å². The number of hydrogen-bond acceptors (Lipinski definition) is 5. The number of pyridine rings is 1. The van der Waals surface area contributed by atoms with Crippen molar-refractivity contribution in [1.29, 1.82) is 0 Å². The fourth-order valence-corrected chi connectivity index (χ4v) is 3.97. The smallest absolute Gasteiger partial charge is 0.256 e. The Morgan fingerprint density at radius 1 is 1.40 bits per heavy atom. The van der Waals surface area contributed by atoms with Gasteiger partial charge in [0.2, 0.25) is 0 Å². The first-order valence-electron chi connectivity index (χ1n) is 7.60. The van der Waals surface area contributed by atoms with Crippen LogP contribution in [0.2, 0.25) is 0 Å². The molecule has 1 amide bonds. The lowest BCUT2D eigenvalue weighted by atomic mass is 9.96. The quantitative estimate of drug-likeness (QED) is 0.601. The molecule has 0 radical (unpaired) electrons. The van der Waals surface area contributed by atoms with Gasteiger partial charge in [0, 0.05) is 29.0 Å². The van der Waals surface area contributed by atoms with Gasteiger partial charge in [0.05, 0.1) is 10.5 Å². The van der Waals surface area contributed by atoms with E-state index in [1.165, 1.54) is 19.2 Å². The number of hydrogen-bond donors (Lipinski definition) is 2. The van der Waals surface area contributed by atoms with Gasteiger partial charge in [-0.2, -0.15) is 0 Å². The number of carbonyl (C=O) groups is 1.